The molecule has 0 aliphatic heterocycles. The van der Waals surface area contributed by atoms with Crippen molar-refractivity contribution in [3.8, 4) is 0 Å². The van der Waals surface area contributed by atoms with Crippen LogP contribution in [0, 0.1) is 0 Å². The van der Waals surface area contributed by atoms with Gasteiger partial charge in [-0.3, -0.25) is 0 Å². The van der Waals surface area contributed by atoms with E-state index in [-0.39, 0.29) is 51.4 Å². The first-order chi connectivity index (χ1) is 8.40. The number of rotatable bonds is 4. The van der Waals surface area contributed by atoms with Gasteiger partial charge in [0.25, 0.3) is 0 Å². The van der Waals surface area contributed by atoms with Crippen LogP contribution in [0.2, 0.25) is 0 Å². The van der Waals surface area contributed by atoms with Crippen molar-refractivity contribution in [1.29, 1.82) is 0 Å². The van der Waals surface area contributed by atoms with Gasteiger partial charge in [-0.25, -0.2) is 0 Å². The summed E-state index contributed by atoms with van der Waals surface area (Å²) in [4.78, 5) is 4.37. The normalized spacial score (nSPS) is 10.3. The summed E-state index contributed by atoms with van der Waals surface area (Å²) in [5.74, 6) is 0. The summed E-state index contributed by atoms with van der Waals surface area (Å²) in [5.41, 5.74) is 2.12. The van der Waals surface area contributed by atoms with Gasteiger partial charge in [0.1, 0.15) is 0 Å². The van der Waals surface area contributed by atoms with E-state index in [4.69, 9.17) is 0 Å². The van der Waals surface area contributed by atoms with Crippen LogP contribution in [-0.4, -0.2) is 21.5 Å². The Morgan fingerprint density at radius 3 is 2.39 bits per heavy atom. The summed E-state index contributed by atoms with van der Waals surface area (Å²) >= 11 is -0.727. The Bertz CT molecular complexity index is 502. The van der Waals surface area contributed by atoms with Gasteiger partial charge in [-0.1, -0.05) is 0 Å². The maximum atomic E-state index is 11.0. The molecule has 0 saturated carbocycles. The van der Waals surface area contributed by atoms with Gasteiger partial charge in [-0.05, 0) is 0 Å². The van der Waals surface area contributed by atoms with E-state index in [2.05, 4.69) is 4.99 Å². The van der Waals surface area contributed by atoms with Gasteiger partial charge in [-0.2, -0.15) is 0 Å². The van der Waals surface area contributed by atoms with Crippen LogP contribution in [0.15, 0.2) is 59.6 Å². The van der Waals surface area contributed by atoms with Crippen molar-refractivity contribution in [2.45, 2.75) is 6.54 Å². The fourth-order valence-corrected chi connectivity index (χ4v) is 2.23. The molecule has 0 aliphatic rings. The summed E-state index contributed by atoms with van der Waals surface area (Å²) in [6, 6.07) is 17.7. The molecule has 4 heteroatoms. The van der Waals surface area contributed by atoms with Crippen molar-refractivity contribution >= 4 is 26.0 Å². The second kappa shape index (κ2) is 9.18. The molecule has 0 unspecified atom stereocenters. The van der Waals surface area contributed by atoms with E-state index >= 15 is 0 Å². The molecule has 0 fully saturated rings. The van der Waals surface area contributed by atoms with Gasteiger partial charge in [0.05, 0.1) is 0 Å². The third-order valence-electron chi connectivity index (χ3n) is 2.36. The van der Waals surface area contributed by atoms with Crippen LogP contribution < -0.4 is 60.0 Å². The standard InChI is InChI=1S/C14H13NOSe.K/c16-17-14-9-5-4-8-13(14)11-15-10-12-6-2-1-3-7-12;/h1-9,11,16H,10H2;/q;+1/p-1. The molecule has 2 aromatic carbocycles. The molecule has 2 rings (SSSR count). The first kappa shape index (κ1) is 16.3. The van der Waals surface area contributed by atoms with Crippen molar-refractivity contribution in [3.05, 3.63) is 65.7 Å². The Balaban J connectivity index is 0.00000162. The molecule has 18 heavy (non-hydrogen) atoms. The SMILES string of the molecule is [K+].[O-][Se]c1ccccc1C=NCc1ccccc1. The first-order valence-electron chi connectivity index (χ1n) is 5.33. The van der Waals surface area contributed by atoms with Gasteiger partial charge < -0.3 is 0 Å². The average Bonchev–Trinajstić information content (AvgIpc) is 2.40. The summed E-state index contributed by atoms with van der Waals surface area (Å²) in [7, 11) is 0. The Hall–Kier alpha value is 0.226. The van der Waals surface area contributed by atoms with Gasteiger partial charge in [-0.15, -0.1) is 0 Å². The molecule has 0 bridgehead atoms. The van der Waals surface area contributed by atoms with E-state index < -0.39 is 15.3 Å². The van der Waals surface area contributed by atoms with Crippen molar-refractivity contribution < 1.29 is 55.6 Å². The van der Waals surface area contributed by atoms with Crippen LogP contribution in [0.5, 0.6) is 0 Å². The molecule has 0 radical (unpaired) electrons. The fraction of sp³-hybridized carbons (Fsp3) is 0.0714. The Labute approximate surface area is 156 Å². The zero-order chi connectivity index (χ0) is 11.9. The third kappa shape index (κ3) is 5.07. The van der Waals surface area contributed by atoms with Gasteiger partial charge in [0, 0.05) is 0 Å². The summed E-state index contributed by atoms with van der Waals surface area (Å²) in [6.45, 7) is 0.654. The number of aliphatic imine (C=N–C) groups is 1. The molecule has 0 spiro atoms. The first-order valence-corrected chi connectivity index (χ1v) is 6.88. The quantitative estimate of drug-likeness (QED) is 0.469. The fourth-order valence-electron chi connectivity index (χ4n) is 1.50. The van der Waals surface area contributed by atoms with Gasteiger partial charge in [0.15, 0.2) is 0 Å². The number of nitrogens with zero attached hydrogens (tertiary/aromatic N) is 1. The molecule has 0 aromatic heterocycles. The molecule has 0 N–H and O–H groups in total. The Kier molecular flexibility index (Phi) is 8.30. The van der Waals surface area contributed by atoms with Crippen molar-refractivity contribution in [2.75, 3.05) is 0 Å². The van der Waals surface area contributed by atoms with Crippen LogP contribution in [0.25, 0.3) is 0 Å². The summed E-state index contributed by atoms with van der Waals surface area (Å²) in [6.07, 6.45) is 1.79. The number of hydrogen-bond acceptors (Lipinski definition) is 2. The van der Waals surface area contributed by atoms with Crippen LogP contribution >= 0.6 is 0 Å². The predicted octanol–water partition coefficient (Wildman–Crippen LogP) is -2.09. The maximum absolute atomic E-state index is 11.0. The molecule has 0 aliphatic carbocycles. The van der Waals surface area contributed by atoms with Crippen LogP contribution in [0.3, 0.4) is 0 Å². The van der Waals surface area contributed by atoms with E-state index in [1.807, 2.05) is 54.6 Å². The van der Waals surface area contributed by atoms with Crippen LogP contribution in [0.4, 0.5) is 0 Å². The second-order valence-electron chi connectivity index (χ2n) is 3.58. The van der Waals surface area contributed by atoms with Crippen molar-refractivity contribution in [1.82, 2.24) is 0 Å². The molecule has 0 saturated heterocycles. The zero-order valence-electron chi connectivity index (χ0n) is 10.2. The van der Waals surface area contributed by atoms with E-state index in [9.17, 15) is 4.19 Å². The summed E-state index contributed by atoms with van der Waals surface area (Å²) < 4.78 is 11.8. The van der Waals surface area contributed by atoms with E-state index in [0.717, 1.165) is 10.0 Å². The van der Waals surface area contributed by atoms with Gasteiger partial charge in [0.2, 0.25) is 0 Å². The molecule has 0 atom stereocenters. The Morgan fingerprint density at radius 1 is 1.00 bits per heavy atom. The third-order valence-corrected chi connectivity index (χ3v) is 3.51. The average molecular weight is 328 g/mol. The summed E-state index contributed by atoms with van der Waals surface area (Å²) in [5, 5.41) is 0. The minimum absolute atomic E-state index is 0. The molecular weight excluding hydrogens is 316 g/mol. The topological polar surface area (TPSA) is 35.4 Å². The van der Waals surface area contributed by atoms with Crippen molar-refractivity contribution in [2.24, 2.45) is 4.99 Å². The number of benzene rings is 2. The second-order valence-corrected chi connectivity index (χ2v) is 4.85. The molecule has 2 nitrogen and oxygen atoms in total. The monoisotopic (exact) mass is 329 g/mol. The molecule has 2 aromatic rings. The van der Waals surface area contributed by atoms with Gasteiger partial charge >= 0.3 is 159 Å². The minimum atomic E-state index is -0.727. The van der Waals surface area contributed by atoms with Crippen molar-refractivity contribution in [3.63, 3.8) is 0 Å². The van der Waals surface area contributed by atoms with E-state index in [0.29, 0.717) is 6.54 Å². The zero-order valence-corrected chi connectivity index (χ0v) is 15.1. The number of hydrogen-bond donors (Lipinski definition) is 0. The molecule has 0 heterocycles. The Morgan fingerprint density at radius 2 is 1.67 bits per heavy atom. The van der Waals surface area contributed by atoms with E-state index in [1.54, 1.807) is 6.21 Å². The van der Waals surface area contributed by atoms with E-state index in [1.165, 1.54) is 5.56 Å². The molecule has 86 valence electrons. The van der Waals surface area contributed by atoms with Crippen LogP contribution in [0.1, 0.15) is 11.1 Å². The van der Waals surface area contributed by atoms with Crippen LogP contribution in [-0.2, 0) is 6.54 Å². The predicted molar refractivity (Wildman–Crippen MR) is 69.6 cm³/mol. The molecular formula is C14H12KNOSe. The molecule has 0 amide bonds.